The van der Waals surface area contributed by atoms with Crippen LogP contribution in [0, 0.1) is 0 Å². The highest BCUT2D eigenvalue weighted by Gasteiger charge is 2.37. The molecule has 0 aromatic rings. The molecule has 0 aromatic heterocycles. The lowest BCUT2D eigenvalue weighted by molar-refractivity contribution is 0.126. The summed E-state index contributed by atoms with van der Waals surface area (Å²) in [6.07, 6.45) is 3.17. The molecule has 2 rings (SSSR count). The SMILES string of the molecule is CN1CCC(CN)(NS(=O)(=O)CC2CCCO2)CC1. The third kappa shape index (κ3) is 4.13. The summed E-state index contributed by atoms with van der Waals surface area (Å²) in [7, 11) is -1.28. The van der Waals surface area contributed by atoms with Gasteiger partial charge in [0.2, 0.25) is 10.0 Å². The minimum atomic E-state index is -3.33. The van der Waals surface area contributed by atoms with Gasteiger partial charge < -0.3 is 15.4 Å². The molecule has 0 aliphatic carbocycles. The minimum Gasteiger partial charge on any atom is -0.377 e. The topological polar surface area (TPSA) is 84.7 Å². The number of piperidine rings is 1. The summed E-state index contributed by atoms with van der Waals surface area (Å²) in [5, 5.41) is 0. The van der Waals surface area contributed by atoms with Crippen LogP contribution in [0.2, 0.25) is 0 Å². The van der Waals surface area contributed by atoms with E-state index in [1.807, 2.05) is 7.05 Å². The van der Waals surface area contributed by atoms with E-state index in [2.05, 4.69) is 9.62 Å². The van der Waals surface area contributed by atoms with Crippen molar-refractivity contribution < 1.29 is 13.2 Å². The lowest BCUT2D eigenvalue weighted by atomic mass is 9.89. The first-order chi connectivity index (χ1) is 8.95. The number of ether oxygens (including phenoxy) is 1. The highest BCUT2D eigenvalue weighted by Crippen LogP contribution is 2.22. The minimum absolute atomic E-state index is 0.0601. The molecule has 2 fully saturated rings. The van der Waals surface area contributed by atoms with Crippen LogP contribution in [0.4, 0.5) is 0 Å². The van der Waals surface area contributed by atoms with E-state index in [1.54, 1.807) is 0 Å². The first-order valence-corrected chi connectivity index (χ1v) is 8.62. The van der Waals surface area contributed by atoms with Crippen LogP contribution in [0.5, 0.6) is 0 Å². The van der Waals surface area contributed by atoms with Crippen molar-refractivity contribution in [2.75, 3.05) is 39.0 Å². The van der Waals surface area contributed by atoms with Gasteiger partial charge in [-0.25, -0.2) is 13.1 Å². The Hall–Kier alpha value is -0.210. The van der Waals surface area contributed by atoms with Crippen molar-refractivity contribution in [3.8, 4) is 0 Å². The Morgan fingerprint density at radius 2 is 2.11 bits per heavy atom. The Kier molecular flexibility index (Phi) is 4.84. The number of likely N-dealkylation sites (tertiary alicyclic amines) is 1. The molecular weight excluding hydrogens is 266 g/mol. The Labute approximate surface area is 115 Å². The van der Waals surface area contributed by atoms with E-state index < -0.39 is 15.6 Å². The van der Waals surface area contributed by atoms with Crippen molar-refractivity contribution in [1.82, 2.24) is 9.62 Å². The van der Waals surface area contributed by atoms with Gasteiger partial charge in [0.1, 0.15) is 0 Å². The molecule has 0 aromatic carbocycles. The summed E-state index contributed by atoms with van der Waals surface area (Å²) in [5.74, 6) is 0.0601. The average molecular weight is 291 g/mol. The Morgan fingerprint density at radius 1 is 1.42 bits per heavy atom. The summed E-state index contributed by atoms with van der Waals surface area (Å²) >= 11 is 0. The average Bonchev–Trinajstić information content (AvgIpc) is 2.84. The second-order valence-electron chi connectivity index (χ2n) is 5.81. The molecule has 1 atom stereocenters. The van der Waals surface area contributed by atoms with Gasteiger partial charge in [0.05, 0.1) is 11.9 Å². The quantitative estimate of drug-likeness (QED) is 0.714. The van der Waals surface area contributed by atoms with Gasteiger partial charge in [0.25, 0.3) is 0 Å². The molecule has 112 valence electrons. The van der Waals surface area contributed by atoms with E-state index in [9.17, 15) is 8.42 Å². The van der Waals surface area contributed by atoms with Crippen molar-refractivity contribution in [2.45, 2.75) is 37.3 Å². The van der Waals surface area contributed by atoms with Crippen LogP contribution in [0.3, 0.4) is 0 Å². The number of nitrogens with one attached hydrogen (secondary N) is 1. The third-order valence-electron chi connectivity index (χ3n) is 4.14. The van der Waals surface area contributed by atoms with Crippen LogP contribution < -0.4 is 10.5 Å². The molecule has 2 saturated heterocycles. The standard InChI is InChI=1S/C12H25N3O3S/c1-15-6-4-12(10-13,5-7-15)14-19(16,17)9-11-3-2-8-18-11/h11,14H,2-10,13H2,1H3. The molecule has 2 aliphatic heterocycles. The Balaban J connectivity index is 1.96. The number of sulfonamides is 1. The van der Waals surface area contributed by atoms with Crippen LogP contribution in [0.15, 0.2) is 0 Å². The number of nitrogens with two attached hydrogens (primary N) is 1. The van der Waals surface area contributed by atoms with Gasteiger partial charge in [-0.05, 0) is 45.8 Å². The molecule has 19 heavy (non-hydrogen) atoms. The van der Waals surface area contributed by atoms with E-state index in [4.69, 9.17) is 10.5 Å². The molecule has 2 heterocycles. The molecule has 0 radical (unpaired) electrons. The second kappa shape index (κ2) is 6.05. The number of rotatable bonds is 5. The van der Waals surface area contributed by atoms with Crippen LogP contribution >= 0.6 is 0 Å². The molecule has 0 spiro atoms. The zero-order valence-electron chi connectivity index (χ0n) is 11.6. The first-order valence-electron chi connectivity index (χ1n) is 6.97. The summed E-state index contributed by atoms with van der Waals surface area (Å²) in [6.45, 7) is 2.78. The van der Waals surface area contributed by atoms with Crippen molar-refractivity contribution in [3.05, 3.63) is 0 Å². The maximum Gasteiger partial charge on any atom is 0.214 e. The predicted octanol–water partition coefficient (Wildman–Crippen LogP) is -0.492. The molecule has 3 N–H and O–H groups in total. The molecule has 6 nitrogen and oxygen atoms in total. The lowest BCUT2D eigenvalue weighted by Crippen LogP contribution is -2.59. The van der Waals surface area contributed by atoms with E-state index in [0.717, 1.165) is 38.8 Å². The highest BCUT2D eigenvalue weighted by atomic mass is 32.2. The second-order valence-corrected chi connectivity index (χ2v) is 7.57. The fourth-order valence-corrected chi connectivity index (χ4v) is 4.57. The van der Waals surface area contributed by atoms with E-state index in [-0.39, 0.29) is 11.9 Å². The van der Waals surface area contributed by atoms with Gasteiger partial charge in [-0.1, -0.05) is 0 Å². The van der Waals surface area contributed by atoms with Crippen molar-refractivity contribution in [1.29, 1.82) is 0 Å². The Morgan fingerprint density at radius 3 is 2.63 bits per heavy atom. The third-order valence-corrected chi connectivity index (χ3v) is 5.69. The molecule has 0 saturated carbocycles. The molecule has 1 unspecified atom stereocenters. The fourth-order valence-electron chi connectivity index (χ4n) is 2.79. The number of nitrogens with zero attached hydrogens (tertiary/aromatic N) is 1. The van der Waals surface area contributed by atoms with Crippen molar-refractivity contribution >= 4 is 10.0 Å². The van der Waals surface area contributed by atoms with Crippen LogP contribution in [-0.4, -0.2) is 64.0 Å². The normalized spacial score (nSPS) is 28.6. The van der Waals surface area contributed by atoms with E-state index >= 15 is 0 Å². The summed E-state index contributed by atoms with van der Waals surface area (Å²) < 4.78 is 32.7. The van der Waals surface area contributed by atoms with Crippen LogP contribution in [0.1, 0.15) is 25.7 Å². The molecule has 0 bridgehead atoms. The predicted molar refractivity (Wildman–Crippen MR) is 74.4 cm³/mol. The first kappa shape index (κ1) is 15.2. The van der Waals surface area contributed by atoms with Gasteiger partial charge in [0, 0.05) is 18.7 Å². The zero-order valence-corrected chi connectivity index (χ0v) is 12.4. The molecule has 0 amide bonds. The van der Waals surface area contributed by atoms with E-state index in [0.29, 0.717) is 13.2 Å². The van der Waals surface area contributed by atoms with Gasteiger partial charge in [0.15, 0.2) is 0 Å². The van der Waals surface area contributed by atoms with Gasteiger partial charge in [-0.2, -0.15) is 0 Å². The largest absolute Gasteiger partial charge is 0.377 e. The Bertz CT molecular complexity index is 385. The molecular formula is C12H25N3O3S. The summed E-state index contributed by atoms with van der Waals surface area (Å²) in [4.78, 5) is 2.20. The summed E-state index contributed by atoms with van der Waals surface area (Å²) in [5.41, 5.74) is 5.35. The number of hydrogen-bond donors (Lipinski definition) is 2. The monoisotopic (exact) mass is 291 g/mol. The van der Waals surface area contributed by atoms with Crippen molar-refractivity contribution in [2.24, 2.45) is 5.73 Å². The highest BCUT2D eigenvalue weighted by molar-refractivity contribution is 7.89. The molecule has 2 aliphatic rings. The van der Waals surface area contributed by atoms with Gasteiger partial charge >= 0.3 is 0 Å². The zero-order chi connectivity index (χ0) is 13.9. The smallest absolute Gasteiger partial charge is 0.214 e. The maximum absolute atomic E-state index is 12.2. The molecule has 7 heteroatoms. The van der Waals surface area contributed by atoms with Crippen LogP contribution in [-0.2, 0) is 14.8 Å². The van der Waals surface area contributed by atoms with Gasteiger partial charge in [-0.15, -0.1) is 0 Å². The van der Waals surface area contributed by atoms with Crippen molar-refractivity contribution in [3.63, 3.8) is 0 Å². The number of hydrogen-bond acceptors (Lipinski definition) is 5. The summed E-state index contributed by atoms with van der Waals surface area (Å²) in [6, 6.07) is 0. The fraction of sp³-hybridized carbons (Fsp3) is 1.00. The maximum atomic E-state index is 12.2. The lowest BCUT2D eigenvalue weighted by Gasteiger charge is -2.40. The van der Waals surface area contributed by atoms with E-state index in [1.165, 1.54) is 0 Å². The van der Waals surface area contributed by atoms with Crippen LogP contribution in [0.25, 0.3) is 0 Å². The van der Waals surface area contributed by atoms with Gasteiger partial charge in [-0.3, -0.25) is 0 Å².